The summed E-state index contributed by atoms with van der Waals surface area (Å²) in [5.41, 5.74) is 0. The Morgan fingerprint density at radius 3 is 2.69 bits per heavy atom. The summed E-state index contributed by atoms with van der Waals surface area (Å²) in [6.07, 6.45) is -2.51. The van der Waals surface area contributed by atoms with Crippen molar-refractivity contribution in [2.24, 2.45) is 0 Å². The first kappa shape index (κ1) is 12.6. The zero-order valence-corrected chi connectivity index (χ0v) is 8.00. The minimum atomic E-state index is -4.18. The Labute approximate surface area is 87.9 Å². The first-order chi connectivity index (χ1) is 7.45. The van der Waals surface area contributed by atoms with Crippen LogP contribution in [0.5, 0.6) is 0 Å². The molecule has 4 nitrogen and oxygen atoms in total. The molecule has 1 heterocycles. The normalized spacial score (nSPS) is 12.1. The molecule has 1 aromatic heterocycles. The van der Waals surface area contributed by atoms with Crippen LogP contribution < -0.4 is 0 Å². The molecular weight excluding hydrogens is 232 g/mol. The monoisotopic (exact) mass is 240 g/mol. The van der Waals surface area contributed by atoms with E-state index < -0.39 is 25.6 Å². The van der Waals surface area contributed by atoms with Gasteiger partial charge in [0.2, 0.25) is 5.89 Å². The van der Waals surface area contributed by atoms with Crippen LogP contribution in [-0.2, 0) is 11.3 Å². The fourth-order valence-electron chi connectivity index (χ4n) is 0.750. The maximum atomic E-state index is 12.4. The van der Waals surface area contributed by atoms with E-state index in [1.807, 2.05) is 0 Å². The molecule has 0 saturated carbocycles. The molecule has 0 aliphatic rings. The van der Waals surface area contributed by atoms with Crippen LogP contribution >= 0.6 is 0 Å². The van der Waals surface area contributed by atoms with Gasteiger partial charge in [0.05, 0.1) is 0 Å². The highest BCUT2D eigenvalue weighted by molar-refractivity contribution is 5.32. The average molecular weight is 240 g/mol. The van der Waals surface area contributed by atoms with Gasteiger partial charge in [-0.2, -0.15) is 13.8 Å². The molecule has 0 N–H and O–H groups in total. The number of hydrogen-bond acceptors (Lipinski definition) is 4. The van der Waals surface area contributed by atoms with E-state index in [9.17, 15) is 17.6 Å². The molecule has 0 spiro atoms. The second-order valence-electron chi connectivity index (χ2n) is 2.81. The molecule has 0 saturated heterocycles. The highest BCUT2D eigenvalue weighted by Crippen LogP contribution is 2.23. The van der Waals surface area contributed by atoms with E-state index in [4.69, 9.17) is 0 Å². The van der Waals surface area contributed by atoms with Crippen molar-refractivity contribution in [1.82, 2.24) is 10.1 Å². The summed E-state index contributed by atoms with van der Waals surface area (Å²) >= 11 is 0. The summed E-state index contributed by atoms with van der Waals surface area (Å²) in [6.45, 7) is 1.50. The molecule has 0 radical (unpaired) electrons. The Hall–Kier alpha value is -1.44. The van der Waals surface area contributed by atoms with Crippen molar-refractivity contribution < 1.29 is 26.8 Å². The molecule has 0 aliphatic carbocycles. The quantitative estimate of drug-likeness (QED) is 0.714. The Bertz CT molecular complexity index is 354. The van der Waals surface area contributed by atoms with Gasteiger partial charge >= 0.3 is 12.3 Å². The summed E-state index contributed by atoms with van der Waals surface area (Å²) in [5, 5.41) is 3.34. The molecule has 1 aromatic rings. The van der Waals surface area contributed by atoms with Crippen LogP contribution in [0.2, 0.25) is 0 Å². The summed E-state index contributed by atoms with van der Waals surface area (Å²) in [4.78, 5) is 3.64. The molecule has 0 fully saturated rings. The maximum Gasteiger partial charge on any atom is 0.330 e. The lowest BCUT2D eigenvalue weighted by Gasteiger charge is -2.14. The molecule has 90 valence electrons. The maximum absolute atomic E-state index is 12.4. The lowest BCUT2D eigenvalue weighted by atomic mass is 10.4. The van der Waals surface area contributed by atoms with Crippen molar-refractivity contribution in [3.8, 4) is 0 Å². The van der Waals surface area contributed by atoms with Crippen molar-refractivity contribution in [2.45, 2.75) is 19.0 Å². The van der Waals surface area contributed by atoms with Crippen LogP contribution in [0.1, 0.15) is 11.7 Å². The van der Waals surface area contributed by atoms with Gasteiger partial charge in [0.1, 0.15) is 13.2 Å². The largest absolute Gasteiger partial charge is 0.367 e. The van der Waals surface area contributed by atoms with Gasteiger partial charge in [-0.05, 0) is 6.08 Å². The molecule has 0 bridgehead atoms. The zero-order valence-electron chi connectivity index (χ0n) is 8.00. The van der Waals surface area contributed by atoms with Crippen LogP contribution in [-0.4, -0.2) is 29.1 Å². The second kappa shape index (κ2) is 5.06. The van der Waals surface area contributed by atoms with Crippen molar-refractivity contribution in [1.29, 1.82) is 0 Å². The van der Waals surface area contributed by atoms with E-state index in [0.717, 1.165) is 0 Å². The van der Waals surface area contributed by atoms with Gasteiger partial charge in [0.25, 0.3) is 0 Å². The van der Waals surface area contributed by atoms with E-state index in [1.165, 1.54) is 6.08 Å². The third-order valence-corrected chi connectivity index (χ3v) is 1.50. The molecular formula is C8H8F4N2O2. The number of rotatable bonds is 6. The van der Waals surface area contributed by atoms with Crippen LogP contribution in [0.25, 0.3) is 6.08 Å². The molecule has 16 heavy (non-hydrogen) atoms. The van der Waals surface area contributed by atoms with E-state index >= 15 is 0 Å². The Kier molecular flexibility index (Phi) is 3.99. The summed E-state index contributed by atoms with van der Waals surface area (Å²) in [7, 11) is 0. The van der Waals surface area contributed by atoms with E-state index in [2.05, 4.69) is 26.0 Å². The molecule has 0 aliphatic heterocycles. The summed E-state index contributed by atoms with van der Waals surface area (Å²) < 4.78 is 57.0. The number of aromatic nitrogens is 2. The second-order valence-corrected chi connectivity index (χ2v) is 2.81. The van der Waals surface area contributed by atoms with Crippen molar-refractivity contribution in [3.63, 3.8) is 0 Å². The average Bonchev–Trinajstić information content (AvgIpc) is 2.65. The Balaban J connectivity index is 2.38. The van der Waals surface area contributed by atoms with Gasteiger partial charge < -0.3 is 9.26 Å². The van der Waals surface area contributed by atoms with Crippen molar-refractivity contribution in [3.05, 3.63) is 18.3 Å². The lowest BCUT2D eigenvalue weighted by molar-refractivity contribution is -0.168. The van der Waals surface area contributed by atoms with Crippen molar-refractivity contribution in [2.75, 3.05) is 6.61 Å². The smallest absolute Gasteiger partial charge is 0.330 e. The van der Waals surface area contributed by atoms with Gasteiger partial charge in [-0.3, -0.25) is 0 Å². The van der Waals surface area contributed by atoms with Crippen molar-refractivity contribution >= 4 is 6.08 Å². The minimum Gasteiger partial charge on any atom is -0.367 e. The SMILES string of the molecule is C=Cc1nc(COCC(F)(F)C(F)F)no1. The number of ether oxygens (including phenoxy) is 1. The highest BCUT2D eigenvalue weighted by Gasteiger charge is 2.41. The fraction of sp³-hybridized carbons (Fsp3) is 0.500. The number of hydrogen-bond donors (Lipinski definition) is 0. The molecule has 0 amide bonds. The molecule has 0 atom stereocenters. The van der Waals surface area contributed by atoms with Crippen LogP contribution in [0, 0.1) is 0 Å². The van der Waals surface area contributed by atoms with Gasteiger partial charge in [-0.1, -0.05) is 11.7 Å². The number of nitrogens with zero attached hydrogens (tertiary/aromatic N) is 2. The Morgan fingerprint density at radius 2 is 2.19 bits per heavy atom. The first-order valence-corrected chi connectivity index (χ1v) is 4.14. The molecule has 8 heteroatoms. The van der Waals surface area contributed by atoms with Crippen LogP contribution in [0.3, 0.4) is 0 Å². The third-order valence-electron chi connectivity index (χ3n) is 1.50. The van der Waals surface area contributed by atoms with E-state index in [-0.39, 0.29) is 11.7 Å². The first-order valence-electron chi connectivity index (χ1n) is 4.14. The topological polar surface area (TPSA) is 48.2 Å². The third kappa shape index (κ3) is 3.30. The lowest BCUT2D eigenvalue weighted by Crippen LogP contribution is -2.32. The number of alkyl halides is 4. The Morgan fingerprint density at radius 1 is 1.50 bits per heavy atom. The predicted octanol–water partition coefficient (Wildman–Crippen LogP) is 2.13. The zero-order chi connectivity index (χ0) is 12.2. The van der Waals surface area contributed by atoms with E-state index in [0.29, 0.717) is 0 Å². The number of halogens is 4. The molecule has 0 unspecified atom stereocenters. The minimum absolute atomic E-state index is 0.0139. The van der Waals surface area contributed by atoms with E-state index in [1.54, 1.807) is 0 Å². The standard InChI is InChI=1S/C8H8F4N2O2/c1-2-6-13-5(14-16-6)3-15-4-8(11,12)7(9)10/h2,7H,1,3-4H2. The van der Waals surface area contributed by atoms with Gasteiger partial charge in [-0.25, -0.2) is 8.78 Å². The summed E-state index contributed by atoms with van der Waals surface area (Å²) in [5.74, 6) is -4.09. The summed E-state index contributed by atoms with van der Waals surface area (Å²) in [6, 6.07) is 0. The van der Waals surface area contributed by atoms with Gasteiger partial charge in [0, 0.05) is 0 Å². The predicted molar refractivity (Wildman–Crippen MR) is 45.0 cm³/mol. The van der Waals surface area contributed by atoms with Crippen LogP contribution in [0.4, 0.5) is 17.6 Å². The van der Waals surface area contributed by atoms with Crippen LogP contribution in [0.15, 0.2) is 11.1 Å². The van der Waals surface area contributed by atoms with Gasteiger partial charge in [-0.15, -0.1) is 0 Å². The highest BCUT2D eigenvalue weighted by atomic mass is 19.3. The molecule has 0 aromatic carbocycles. The fourth-order valence-corrected chi connectivity index (χ4v) is 0.750. The molecule has 1 rings (SSSR count). The van der Waals surface area contributed by atoms with Gasteiger partial charge in [0.15, 0.2) is 5.82 Å².